The van der Waals surface area contributed by atoms with Gasteiger partial charge in [-0.2, -0.15) is 0 Å². The van der Waals surface area contributed by atoms with Crippen molar-refractivity contribution in [3.8, 4) is 0 Å². The number of ether oxygens (including phenoxy) is 1. The third-order valence-corrected chi connectivity index (χ3v) is 3.10. The lowest BCUT2D eigenvalue weighted by atomic mass is 10.3. The van der Waals surface area contributed by atoms with Crippen LogP contribution in [0.2, 0.25) is 15.3 Å². The first-order chi connectivity index (χ1) is 6.99. The topological polar surface area (TPSA) is 42.1 Å². The fraction of sp³-hybridized carbons (Fsp3) is 0.250. The standard InChI is InChI=1S/C8H6Cl3NO2S/c1-2-14-8(13)3-5(15)4(9)7(11)12-6(3)10/h2H2,1H3,(H,12,15). The summed E-state index contributed by atoms with van der Waals surface area (Å²) >= 11 is 22.2. The molecule has 0 saturated heterocycles. The van der Waals surface area contributed by atoms with E-state index in [0.717, 1.165) is 0 Å². The molecule has 1 N–H and O–H groups in total. The number of hydrogen-bond acceptors (Lipinski definition) is 3. The second-order valence-electron chi connectivity index (χ2n) is 2.49. The number of nitrogens with one attached hydrogen (secondary N) is 1. The Labute approximate surface area is 106 Å². The van der Waals surface area contributed by atoms with E-state index in [4.69, 9.17) is 51.8 Å². The molecular formula is C8H6Cl3NO2S. The number of carbonyl (C=O) groups excluding carboxylic acids is 1. The fourth-order valence-corrected chi connectivity index (χ4v) is 1.95. The molecule has 0 atom stereocenters. The Balaban J connectivity index is 3.36. The number of aromatic nitrogens is 1. The van der Waals surface area contributed by atoms with Crippen molar-refractivity contribution in [3.05, 3.63) is 25.4 Å². The molecule has 0 spiro atoms. The minimum Gasteiger partial charge on any atom is -0.462 e. The average Bonchev–Trinajstić information content (AvgIpc) is 2.15. The fourth-order valence-electron chi connectivity index (χ4n) is 0.908. The zero-order valence-electron chi connectivity index (χ0n) is 7.57. The molecule has 0 radical (unpaired) electrons. The number of esters is 1. The normalized spacial score (nSPS) is 10.1. The van der Waals surface area contributed by atoms with E-state index in [9.17, 15) is 4.79 Å². The van der Waals surface area contributed by atoms with E-state index in [1.54, 1.807) is 6.92 Å². The average molecular weight is 287 g/mol. The third-order valence-electron chi connectivity index (χ3n) is 1.54. The van der Waals surface area contributed by atoms with Gasteiger partial charge in [0.2, 0.25) is 0 Å². The van der Waals surface area contributed by atoms with Gasteiger partial charge in [0.25, 0.3) is 0 Å². The molecule has 1 heterocycles. The first-order valence-electron chi connectivity index (χ1n) is 3.93. The maximum Gasteiger partial charge on any atom is 0.342 e. The number of hydrogen-bond donors (Lipinski definition) is 1. The van der Waals surface area contributed by atoms with Crippen LogP contribution in [0, 0.1) is 4.51 Å². The van der Waals surface area contributed by atoms with Crippen LogP contribution >= 0.6 is 47.0 Å². The van der Waals surface area contributed by atoms with Crippen molar-refractivity contribution < 1.29 is 9.53 Å². The maximum absolute atomic E-state index is 11.5. The summed E-state index contributed by atoms with van der Waals surface area (Å²) in [7, 11) is 0. The van der Waals surface area contributed by atoms with Crippen LogP contribution < -0.4 is 0 Å². The van der Waals surface area contributed by atoms with E-state index in [1.165, 1.54) is 0 Å². The van der Waals surface area contributed by atoms with Gasteiger partial charge in [-0.3, -0.25) is 0 Å². The molecule has 82 valence electrons. The highest BCUT2D eigenvalue weighted by Gasteiger charge is 2.18. The number of carbonyl (C=O) groups is 1. The Kier molecular flexibility index (Phi) is 4.40. The predicted molar refractivity (Wildman–Crippen MR) is 62.6 cm³/mol. The minimum absolute atomic E-state index is 0.0212. The predicted octanol–water partition coefficient (Wildman–Crippen LogP) is 3.88. The van der Waals surface area contributed by atoms with E-state index in [1.807, 2.05) is 0 Å². The van der Waals surface area contributed by atoms with Gasteiger partial charge in [0.05, 0.1) is 16.1 Å². The molecule has 0 fully saturated rings. The smallest absolute Gasteiger partial charge is 0.342 e. The molecule has 3 nitrogen and oxygen atoms in total. The summed E-state index contributed by atoms with van der Waals surface area (Å²) in [5.41, 5.74) is 0.0305. The van der Waals surface area contributed by atoms with Crippen LogP contribution in [0.4, 0.5) is 0 Å². The molecule has 0 aliphatic rings. The molecule has 1 aromatic heterocycles. The van der Waals surface area contributed by atoms with Crippen LogP contribution in [0.1, 0.15) is 17.3 Å². The minimum atomic E-state index is -0.623. The number of rotatable bonds is 2. The highest BCUT2D eigenvalue weighted by molar-refractivity contribution is 7.71. The summed E-state index contributed by atoms with van der Waals surface area (Å²) in [5, 5.41) is 0.201. The quantitative estimate of drug-likeness (QED) is 0.509. The molecular weight excluding hydrogens is 281 g/mol. The van der Waals surface area contributed by atoms with Crippen molar-refractivity contribution in [2.75, 3.05) is 6.61 Å². The highest BCUT2D eigenvalue weighted by atomic mass is 35.5. The lowest BCUT2D eigenvalue weighted by Crippen LogP contribution is -2.07. The molecule has 0 bridgehead atoms. The summed E-state index contributed by atoms with van der Waals surface area (Å²) in [6.45, 7) is 1.90. The van der Waals surface area contributed by atoms with Crippen molar-refractivity contribution >= 4 is 53.0 Å². The summed E-state index contributed by atoms with van der Waals surface area (Å²) < 4.78 is 4.86. The number of pyridine rings is 1. The lowest BCUT2D eigenvalue weighted by molar-refractivity contribution is 0.0525. The summed E-state index contributed by atoms with van der Waals surface area (Å²) in [6.07, 6.45) is 0. The van der Waals surface area contributed by atoms with Crippen LogP contribution in [-0.4, -0.2) is 17.6 Å². The van der Waals surface area contributed by atoms with E-state index in [2.05, 4.69) is 4.98 Å². The second kappa shape index (κ2) is 5.16. The summed E-state index contributed by atoms with van der Waals surface area (Å²) in [6, 6.07) is 0. The number of halogens is 3. The monoisotopic (exact) mass is 285 g/mol. The van der Waals surface area contributed by atoms with E-state index < -0.39 is 5.97 Å². The molecule has 1 aromatic rings. The summed E-state index contributed by atoms with van der Waals surface area (Å²) in [4.78, 5) is 14.0. The Hall–Kier alpha value is -0.290. The largest absolute Gasteiger partial charge is 0.462 e. The van der Waals surface area contributed by atoms with Gasteiger partial charge in [-0.1, -0.05) is 47.0 Å². The van der Waals surface area contributed by atoms with E-state index >= 15 is 0 Å². The second-order valence-corrected chi connectivity index (χ2v) is 4.03. The van der Waals surface area contributed by atoms with Crippen LogP contribution in [0.25, 0.3) is 0 Å². The molecule has 1 rings (SSSR count). The van der Waals surface area contributed by atoms with E-state index in [0.29, 0.717) is 0 Å². The Bertz CT molecular complexity index is 458. The molecule has 0 aromatic carbocycles. The van der Waals surface area contributed by atoms with E-state index in [-0.39, 0.29) is 32.0 Å². The zero-order chi connectivity index (χ0) is 11.6. The van der Waals surface area contributed by atoms with Crippen molar-refractivity contribution in [2.24, 2.45) is 0 Å². The molecule has 0 amide bonds. The van der Waals surface area contributed by atoms with Gasteiger partial charge in [0, 0.05) is 0 Å². The molecule has 0 aliphatic heterocycles. The van der Waals surface area contributed by atoms with Crippen LogP contribution in [0.5, 0.6) is 0 Å². The van der Waals surface area contributed by atoms with Crippen molar-refractivity contribution in [1.82, 2.24) is 4.98 Å². The number of aromatic amines is 1. The van der Waals surface area contributed by atoms with Crippen molar-refractivity contribution in [2.45, 2.75) is 6.92 Å². The van der Waals surface area contributed by atoms with Gasteiger partial charge < -0.3 is 9.72 Å². The van der Waals surface area contributed by atoms with Gasteiger partial charge in [-0.25, -0.2) is 4.79 Å². The molecule has 0 saturated carbocycles. The molecule has 7 heteroatoms. The maximum atomic E-state index is 11.5. The first-order valence-corrected chi connectivity index (χ1v) is 5.47. The Morgan fingerprint density at radius 1 is 1.40 bits per heavy atom. The highest BCUT2D eigenvalue weighted by Crippen LogP contribution is 2.28. The first kappa shape index (κ1) is 12.8. The molecule has 15 heavy (non-hydrogen) atoms. The van der Waals surface area contributed by atoms with Crippen molar-refractivity contribution in [3.63, 3.8) is 0 Å². The molecule has 0 unspecified atom stereocenters. The van der Waals surface area contributed by atoms with Crippen LogP contribution in [0.3, 0.4) is 0 Å². The Morgan fingerprint density at radius 3 is 2.53 bits per heavy atom. The SMILES string of the molecule is CCOC(=O)c1c(Cl)[nH]c(Cl)c(Cl)c1=S. The lowest BCUT2D eigenvalue weighted by Gasteiger charge is -2.06. The van der Waals surface area contributed by atoms with Gasteiger partial charge in [0.1, 0.15) is 15.9 Å². The Morgan fingerprint density at radius 2 is 2.00 bits per heavy atom. The summed E-state index contributed by atoms with van der Waals surface area (Å²) in [5.74, 6) is -0.623. The van der Waals surface area contributed by atoms with Crippen molar-refractivity contribution in [1.29, 1.82) is 0 Å². The van der Waals surface area contributed by atoms with Crippen LogP contribution in [0.15, 0.2) is 0 Å². The number of H-pyrrole nitrogens is 1. The molecule has 0 aliphatic carbocycles. The van der Waals surface area contributed by atoms with Gasteiger partial charge in [-0.05, 0) is 6.92 Å². The van der Waals surface area contributed by atoms with Gasteiger partial charge in [-0.15, -0.1) is 0 Å². The zero-order valence-corrected chi connectivity index (χ0v) is 10.7. The van der Waals surface area contributed by atoms with Gasteiger partial charge >= 0.3 is 5.97 Å². The van der Waals surface area contributed by atoms with Crippen LogP contribution in [-0.2, 0) is 4.74 Å². The van der Waals surface area contributed by atoms with Gasteiger partial charge in [0.15, 0.2) is 0 Å². The third kappa shape index (κ3) is 2.64.